The summed E-state index contributed by atoms with van der Waals surface area (Å²) in [5, 5.41) is 19.8. The van der Waals surface area contributed by atoms with Gasteiger partial charge in [-0.05, 0) is 29.8 Å². The van der Waals surface area contributed by atoms with Crippen LogP contribution in [-0.4, -0.2) is 12.4 Å². The quantitative estimate of drug-likeness (QED) is 0.818. The van der Waals surface area contributed by atoms with E-state index in [2.05, 4.69) is 0 Å². The number of hydrogen-bond acceptors (Lipinski definition) is 6. The standard InChI is InChI=1S/C18H11ClN2O4/c19-13-4-1-11(2-5-13)17-24-16(18(8-20,9-21)25-17)12-3-6-14-15(7-12)23-10-22-14/h1-7,16-17H,10H2/t16-,17-/m0/s1. The summed E-state index contributed by atoms with van der Waals surface area (Å²) in [6.07, 6.45) is -1.75. The highest BCUT2D eigenvalue weighted by molar-refractivity contribution is 6.30. The van der Waals surface area contributed by atoms with Crippen LogP contribution in [0.25, 0.3) is 0 Å². The van der Waals surface area contributed by atoms with Gasteiger partial charge in [-0.3, -0.25) is 0 Å². The minimum Gasteiger partial charge on any atom is -0.454 e. The molecule has 6 nitrogen and oxygen atoms in total. The highest BCUT2D eigenvalue weighted by atomic mass is 35.5. The third-order valence-electron chi connectivity index (χ3n) is 4.10. The van der Waals surface area contributed by atoms with Crippen LogP contribution < -0.4 is 9.47 Å². The maximum Gasteiger partial charge on any atom is 0.274 e. The van der Waals surface area contributed by atoms with Gasteiger partial charge in [0.25, 0.3) is 5.60 Å². The van der Waals surface area contributed by atoms with Crippen LogP contribution in [0.4, 0.5) is 0 Å². The normalized spacial score (nSPS) is 23.0. The Hall–Kier alpha value is -2.77. The Morgan fingerprint density at radius 2 is 1.64 bits per heavy atom. The van der Waals surface area contributed by atoms with Crippen LogP contribution in [0.3, 0.4) is 0 Å². The molecular weight excluding hydrogens is 344 g/mol. The van der Waals surface area contributed by atoms with Crippen molar-refractivity contribution in [3.05, 3.63) is 58.6 Å². The highest BCUT2D eigenvalue weighted by Gasteiger charge is 2.53. The Labute approximate surface area is 148 Å². The fourth-order valence-corrected chi connectivity index (χ4v) is 2.95. The number of halogens is 1. The lowest BCUT2D eigenvalue weighted by Gasteiger charge is -2.18. The fourth-order valence-electron chi connectivity index (χ4n) is 2.83. The van der Waals surface area contributed by atoms with E-state index in [9.17, 15) is 10.5 Å². The molecule has 2 aromatic carbocycles. The van der Waals surface area contributed by atoms with Gasteiger partial charge in [-0.1, -0.05) is 29.8 Å². The first-order valence-corrected chi connectivity index (χ1v) is 7.84. The summed E-state index contributed by atoms with van der Waals surface area (Å²) in [7, 11) is 0. The molecule has 0 amide bonds. The molecule has 2 aromatic rings. The number of hydrogen-bond donors (Lipinski definition) is 0. The second-order valence-electron chi connectivity index (χ2n) is 5.59. The van der Waals surface area contributed by atoms with Crippen LogP contribution in [0.5, 0.6) is 11.5 Å². The van der Waals surface area contributed by atoms with Crippen LogP contribution in [0.2, 0.25) is 5.02 Å². The third kappa shape index (κ3) is 2.57. The zero-order valence-corrected chi connectivity index (χ0v) is 13.6. The van der Waals surface area contributed by atoms with E-state index in [1.54, 1.807) is 42.5 Å². The minimum absolute atomic E-state index is 0.135. The number of ether oxygens (including phenoxy) is 4. The van der Waals surface area contributed by atoms with Gasteiger partial charge < -0.3 is 18.9 Å². The van der Waals surface area contributed by atoms with E-state index in [-0.39, 0.29) is 6.79 Å². The van der Waals surface area contributed by atoms with Gasteiger partial charge in [0.1, 0.15) is 18.2 Å². The van der Waals surface area contributed by atoms with E-state index in [1.165, 1.54) is 0 Å². The highest BCUT2D eigenvalue weighted by Crippen LogP contribution is 2.48. The van der Waals surface area contributed by atoms with Gasteiger partial charge in [-0.25, -0.2) is 0 Å². The van der Waals surface area contributed by atoms with E-state index in [4.69, 9.17) is 30.5 Å². The summed E-state index contributed by atoms with van der Waals surface area (Å²) in [6.45, 7) is 0.135. The molecule has 7 heteroatoms. The molecule has 0 aromatic heterocycles. The summed E-state index contributed by atoms with van der Waals surface area (Å²) in [6, 6.07) is 15.9. The molecular formula is C18H11ClN2O4. The molecule has 2 heterocycles. The number of benzene rings is 2. The van der Waals surface area contributed by atoms with Crippen molar-refractivity contribution < 1.29 is 18.9 Å². The van der Waals surface area contributed by atoms with Crippen molar-refractivity contribution in [2.75, 3.05) is 6.79 Å². The lowest BCUT2D eigenvalue weighted by Crippen LogP contribution is -2.30. The second kappa shape index (κ2) is 5.94. The zero-order valence-electron chi connectivity index (χ0n) is 12.8. The van der Waals surface area contributed by atoms with Crippen molar-refractivity contribution in [1.29, 1.82) is 10.5 Å². The van der Waals surface area contributed by atoms with Gasteiger partial charge in [-0.15, -0.1) is 0 Å². The molecule has 0 aliphatic carbocycles. The predicted octanol–water partition coefficient (Wildman–Crippen LogP) is 3.64. The average molecular weight is 355 g/mol. The first-order valence-electron chi connectivity index (χ1n) is 7.46. The second-order valence-corrected chi connectivity index (χ2v) is 6.03. The van der Waals surface area contributed by atoms with Crippen molar-refractivity contribution in [3.8, 4) is 23.6 Å². The van der Waals surface area contributed by atoms with Crippen LogP contribution in [0.1, 0.15) is 23.5 Å². The van der Waals surface area contributed by atoms with E-state index in [1.807, 2.05) is 12.1 Å². The summed E-state index contributed by atoms with van der Waals surface area (Å²) >= 11 is 5.90. The van der Waals surface area contributed by atoms with Gasteiger partial charge in [0, 0.05) is 10.6 Å². The van der Waals surface area contributed by atoms with Crippen molar-refractivity contribution in [2.24, 2.45) is 0 Å². The van der Waals surface area contributed by atoms with Crippen molar-refractivity contribution in [1.82, 2.24) is 0 Å². The average Bonchev–Trinajstić information content (AvgIpc) is 3.26. The Bertz CT molecular complexity index is 887. The summed E-state index contributed by atoms with van der Waals surface area (Å²) in [5.74, 6) is 1.15. The van der Waals surface area contributed by atoms with Gasteiger partial charge >= 0.3 is 0 Å². The van der Waals surface area contributed by atoms with E-state index < -0.39 is 18.0 Å². The summed E-state index contributed by atoms with van der Waals surface area (Å²) in [5.41, 5.74) is -0.496. The molecule has 2 aliphatic rings. The van der Waals surface area contributed by atoms with Crippen LogP contribution in [0, 0.1) is 22.7 Å². The van der Waals surface area contributed by atoms with Crippen LogP contribution in [0.15, 0.2) is 42.5 Å². The smallest absolute Gasteiger partial charge is 0.274 e. The third-order valence-corrected chi connectivity index (χ3v) is 4.35. The molecule has 0 N–H and O–H groups in total. The Kier molecular flexibility index (Phi) is 3.74. The molecule has 0 bridgehead atoms. The Morgan fingerprint density at radius 1 is 0.960 bits per heavy atom. The lowest BCUT2D eigenvalue weighted by molar-refractivity contribution is -0.0718. The monoisotopic (exact) mass is 354 g/mol. The number of nitrogens with zero attached hydrogens (tertiary/aromatic N) is 2. The van der Waals surface area contributed by atoms with Crippen molar-refractivity contribution in [2.45, 2.75) is 18.0 Å². The molecule has 2 aliphatic heterocycles. The van der Waals surface area contributed by atoms with Gasteiger partial charge in [-0.2, -0.15) is 10.5 Å². The Balaban J connectivity index is 1.71. The topological polar surface area (TPSA) is 84.5 Å². The number of nitriles is 2. The fraction of sp³-hybridized carbons (Fsp3) is 0.222. The van der Waals surface area contributed by atoms with Gasteiger partial charge in [0.2, 0.25) is 6.79 Å². The summed E-state index contributed by atoms with van der Waals surface area (Å²) < 4.78 is 22.3. The van der Waals surface area contributed by atoms with Crippen molar-refractivity contribution in [3.63, 3.8) is 0 Å². The van der Waals surface area contributed by atoms with E-state index >= 15 is 0 Å². The molecule has 124 valence electrons. The molecule has 25 heavy (non-hydrogen) atoms. The molecule has 0 radical (unpaired) electrons. The molecule has 2 atom stereocenters. The van der Waals surface area contributed by atoms with Gasteiger partial charge in [0.15, 0.2) is 17.8 Å². The molecule has 1 saturated heterocycles. The summed E-state index contributed by atoms with van der Waals surface area (Å²) in [4.78, 5) is 0. The van der Waals surface area contributed by atoms with Gasteiger partial charge in [0.05, 0.1) is 0 Å². The molecule has 0 unspecified atom stereocenters. The Morgan fingerprint density at radius 3 is 2.36 bits per heavy atom. The SMILES string of the molecule is N#CC1(C#N)O[C@@H](c2ccc(Cl)cc2)O[C@H]1c1ccc2c(c1)OCO2. The molecule has 1 fully saturated rings. The number of fused-ring (bicyclic) bond motifs is 1. The maximum atomic E-state index is 9.60. The predicted molar refractivity (Wildman–Crippen MR) is 85.6 cm³/mol. The van der Waals surface area contributed by atoms with Crippen LogP contribution >= 0.6 is 11.6 Å². The lowest BCUT2D eigenvalue weighted by atomic mass is 9.93. The van der Waals surface area contributed by atoms with E-state index in [0.29, 0.717) is 27.6 Å². The largest absolute Gasteiger partial charge is 0.454 e. The maximum absolute atomic E-state index is 9.60. The first-order chi connectivity index (χ1) is 12.1. The zero-order chi connectivity index (χ0) is 17.4. The first kappa shape index (κ1) is 15.7. The van der Waals surface area contributed by atoms with Crippen molar-refractivity contribution >= 4 is 11.6 Å². The molecule has 0 spiro atoms. The van der Waals surface area contributed by atoms with E-state index in [0.717, 1.165) is 0 Å². The number of rotatable bonds is 2. The molecule has 0 saturated carbocycles. The van der Waals surface area contributed by atoms with Crippen LogP contribution in [-0.2, 0) is 9.47 Å². The molecule has 4 rings (SSSR count). The minimum atomic E-state index is -1.77.